The van der Waals surface area contributed by atoms with Gasteiger partial charge in [-0.1, -0.05) is 42.5 Å². The van der Waals surface area contributed by atoms with Crippen molar-refractivity contribution in [1.82, 2.24) is 15.6 Å². The van der Waals surface area contributed by atoms with E-state index in [2.05, 4.69) is 25.4 Å². The topological polar surface area (TPSA) is 136 Å². The molecule has 0 radical (unpaired) electrons. The van der Waals surface area contributed by atoms with Crippen LogP contribution in [0.15, 0.2) is 60.0 Å². The zero-order valence-corrected chi connectivity index (χ0v) is 20.8. The number of alkyl carbamates (subject to hydrolysis) is 1. The van der Waals surface area contributed by atoms with Crippen LogP contribution < -0.4 is 16.1 Å². The lowest BCUT2D eigenvalue weighted by Crippen LogP contribution is -2.49. The van der Waals surface area contributed by atoms with Gasteiger partial charge in [0.15, 0.2) is 0 Å². The number of aromatic nitrogens is 1. The highest BCUT2D eigenvalue weighted by Gasteiger charge is 2.26. The predicted molar refractivity (Wildman–Crippen MR) is 132 cm³/mol. The molecule has 2 aromatic carbocycles. The zero-order chi connectivity index (χ0) is 25.2. The third-order valence-electron chi connectivity index (χ3n) is 5.02. The van der Waals surface area contributed by atoms with Crippen molar-refractivity contribution in [3.05, 3.63) is 81.8 Å². The highest BCUT2D eigenvalue weighted by Crippen LogP contribution is 2.22. The van der Waals surface area contributed by atoms with Crippen LogP contribution in [-0.4, -0.2) is 38.6 Å². The second-order valence-electron chi connectivity index (χ2n) is 7.55. The summed E-state index contributed by atoms with van der Waals surface area (Å²) in [5.41, 5.74) is 5.24. The Morgan fingerprint density at radius 3 is 2.29 bits per heavy atom. The number of hydrogen-bond acceptors (Lipinski definition) is 9. The van der Waals surface area contributed by atoms with Gasteiger partial charge in [-0.15, -0.1) is 11.3 Å². The number of thiol groups is 1. The Morgan fingerprint density at radius 1 is 1.00 bits per heavy atom. The molecule has 10 nitrogen and oxygen atoms in total. The summed E-state index contributed by atoms with van der Waals surface area (Å²) in [5.74, 6) is -0.374. The van der Waals surface area contributed by atoms with E-state index in [-0.39, 0.29) is 12.3 Å². The zero-order valence-electron chi connectivity index (χ0n) is 19.1. The van der Waals surface area contributed by atoms with Gasteiger partial charge < -0.3 is 15.4 Å². The molecule has 186 valence electrons. The van der Waals surface area contributed by atoms with Crippen LogP contribution in [0.1, 0.15) is 27.9 Å². The van der Waals surface area contributed by atoms with Crippen molar-refractivity contribution in [3.63, 3.8) is 0 Å². The molecular formula is C23H26N4O6S2. The van der Waals surface area contributed by atoms with Gasteiger partial charge in [0, 0.05) is 11.8 Å². The number of amides is 2. The third kappa shape index (κ3) is 8.35. The van der Waals surface area contributed by atoms with Crippen LogP contribution in [0.3, 0.4) is 0 Å². The maximum absolute atomic E-state index is 13.3. The summed E-state index contributed by atoms with van der Waals surface area (Å²) >= 11 is 1.47. The maximum Gasteiger partial charge on any atom is 0.407 e. The van der Waals surface area contributed by atoms with Gasteiger partial charge in [-0.05, 0) is 36.6 Å². The van der Waals surface area contributed by atoms with E-state index in [1.165, 1.54) is 18.4 Å². The summed E-state index contributed by atoms with van der Waals surface area (Å²) in [6.07, 6.45) is 0.00184. The number of ether oxygens (including phenoxy) is 1. The molecule has 0 saturated carbocycles. The van der Waals surface area contributed by atoms with Crippen LogP contribution in [-0.2, 0) is 37.6 Å². The van der Waals surface area contributed by atoms with Crippen LogP contribution in [0.4, 0.5) is 10.5 Å². The van der Waals surface area contributed by atoms with E-state index >= 15 is 0 Å². The summed E-state index contributed by atoms with van der Waals surface area (Å²) in [5, 5.41) is 8.36. The van der Waals surface area contributed by atoms with Crippen molar-refractivity contribution in [2.24, 2.45) is 0 Å². The molecule has 0 fully saturated rings. The van der Waals surface area contributed by atoms with E-state index in [1.54, 1.807) is 24.3 Å². The Labute approximate surface area is 208 Å². The SMILES string of the molecule is COC(=O)N[C@@H](Cc1ccccc1)C(=O)N[C@@H](Cc1ccc(NO[SH](=O)=O)cc1)c1csc(C)n1. The fraction of sp³-hybridized carbons (Fsp3) is 0.261. The number of anilines is 1. The Morgan fingerprint density at radius 2 is 1.69 bits per heavy atom. The number of nitrogens with one attached hydrogen (secondary N) is 3. The molecule has 0 unspecified atom stereocenters. The monoisotopic (exact) mass is 518 g/mol. The van der Waals surface area contributed by atoms with E-state index in [4.69, 9.17) is 4.74 Å². The Kier molecular flexibility index (Phi) is 9.58. The molecule has 1 aromatic heterocycles. The number of nitrogens with zero attached hydrogens (tertiary/aromatic N) is 1. The number of benzene rings is 2. The number of rotatable bonds is 11. The molecule has 0 aliphatic carbocycles. The number of carbonyl (C=O) groups is 2. The van der Waals surface area contributed by atoms with Crippen LogP contribution in [0.2, 0.25) is 0 Å². The van der Waals surface area contributed by atoms with Crippen molar-refractivity contribution in [3.8, 4) is 0 Å². The van der Waals surface area contributed by atoms with Crippen molar-refractivity contribution < 1.29 is 27.0 Å². The molecule has 2 atom stereocenters. The summed E-state index contributed by atoms with van der Waals surface area (Å²) in [6, 6.07) is 14.9. The van der Waals surface area contributed by atoms with Gasteiger partial charge in [0.1, 0.15) is 6.04 Å². The summed E-state index contributed by atoms with van der Waals surface area (Å²) in [4.78, 5) is 29.7. The molecule has 0 aliphatic heterocycles. The molecule has 35 heavy (non-hydrogen) atoms. The molecule has 0 bridgehead atoms. The lowest BCUT2D eigenvalue weighted by atomic mass is 10.0. The largest absolute Gasteiger partial charge is 0.453 e. The average molecular weight is 519 g/mol. The molecule has 3 rings (SSSR count). The van der Waals surface area contributed by atoms with Gasteiger partial charge in [0.05, 0.1) is 29.5 Å². The van der Waals surface area contributed by atoms with Crippen LogP contribution in [0.5, 0.6) is 0 Å². The lowest BCUT2D eigenvalue weighted by molar-refractivity contribution is -0.123. The van der Waals surface area contributed by atoms with Crippen LogP contribution >= 0.6 is 11.3 Å². The molecule has 3 aromatic rings. The van der Waals surface area contributed by atoms with Crippen molar-refractivity contribution in [1.29, 1.82) is 0 Å². The predicted octanol–water partition coefficient (Wildman–Crippen LogP) is 2.69. The van der Waals surface area contributed by atoms with E-state index in [1.807, 2.05) is 42.6 Å². The number of aryl methyl sites for hydroxylation is 1. The average Bonchev–Trinajstić information content (AvgIpc) is 3.29. The smallest absolute Gasteiger partial charge is 0.407 e. The van der Waals surface area contributed by atoms with E-state index in [0.29, 0.717) is 17.8 Å². The van der Waals surface area contributed by atoms with Crippen molar-refractivity contribution in [2.75, 3.05) is 12.6 Å². The molecule has 0 spiro atoms. The van der Waals surface area contributed by atoms with Crippen molar-refractivity contribution >= 4 is 40.0 Å². The number of hydrogen-bond donors (Lipinski definition) is 4. The fourth-order valence-corrected chi connectivity index (χ4v) is 4.18. The van der Waals surface area contributed by atoms with Crippen LogP contribution in [0.25, 0.3) is 0 Å². The lowest BCUT2D eigenvalue weighted by Gasteiger charge is -2.23. The molecule has 0 aliphatic rings. The summed E-state index contributed by atoms with van der Waals surface area (Å²) < 4.78 is 30.2. The van der Waals surface area contributed by atoms with Gasteiger partial charge in [-0.3, -0.25) is 4.79 Å². The summed E-state index contributed by atoms with van der Waals surface area (Å²) in [7, 11) is -1.78. The minimum absolute atomic E-state index is 0.285. The van der Waals surface area contributed by atoms with Gasteiger partial charge in [-0.25, -0.2) is 23.7 Å². The quantitative estimate of drug-likeness (QED) is 0.225. The third-order valence-corrected chi connectivity index (χ3v) is 6.05. The van der Waals surface area contributed by atoms with Gasteiger partial charge in [0.25, 0.3) is 11.0 Å². The van der Waals surface area contributed by atoms with Gasteiger partial charge >= 0.3 is 6.09 Å². The minimum Gasteiger partial charge on any atom is -0.453 e. The second kappa shape index (κ2) is 12.8. The minimum atomic E-state index is -3.02. The standard InChI is InChI=1S/C23H26N4O6S2/c1-15-24-21(14-34-15)19(12-17-8-10-18(11-9-17)27-33-35(30)31)25-22(28)20(26-23(29)32-2)13-16-6-4-3-5-7-16/h3-11,14,19-20,27,35H,12-13H2,1-2H3,(H,25,28)(H,26,29)/t19-,20-/m0/s1. The molecule has 0 saturated heterocycles. The normalized spacial score (nSPS) is 12.5. The van der Waals surface area contributed by atoms with E-state index < -0.39 is 29.2 Å². The molecule has 3 N–H and O–H groups in total. The Balaban J connectivity index is 1.78. The van der Waals surface area contributed by atoms with Crippen molar-refractivity contribution in [2.45, 2.75) is 31.8 Å². The maximum atomic E-state index is 13.3. The number of carbonyl (C=O) groups excluding carboxylic acids is 2. The summed E-state index contributed by atoms with van der Waals surface area (Å²) in [6.45, 7) is 1.88. The number of methoxy groups -OCH3 is 1. The van der Waals surface area contributed by atoms with E-state index in [9.17, 15) is 18.0 Å². The molecular weight excluding hydrogens is 492 g/mol. The second-order valence-corrected chi connectivity index (χ2v) is 9.24. The van der Waals surface area contributed by atoms with E-state index in [0.717, 1.165) is 16.1 Å². The highest BCUT2D eigenvalue weighted by atomic mass is 32.2. The van der Waals surface area contributed by atoms with Gasteiger partial charge in [0.2, 0.25) is 5.91 Å². The Bertz CT molecular complexity index is 1190. The first-order valence-electron chi connectivity index (χ1n) is 10.6. The fourth-order valence-electron chi connectivity index (χ4n) is 3.34. The van der Waals surface area contributed by atoms with Crippen LogP contribution in [0, 0.1) is 6.92 Å². The first-order valence-corrected chi connectivity index (χ1v) is 12.6. The molecule has 1 heterocycles. The van der Waals surface area contributed by atoms with Gasteiger partial charge in [-0.2, -0.15) is 4.28 Å². The highest BCUT2D eigenvalue weighted by molar-refractivity contribution is 7.67. The first-order chi connectivity index (χ1) is 16.8. The molecule has 2 amide bonds. The number of thiazole rings is 1. The molecule has 12 heteroatoms. The first kappa shape index (κ1) is 26.1. The Hall–Kier alpha value is -3.48.